The first-order valence-electron chi connectivity index (χ1n) is 10.4. The van der Waals surface area contributed by atoms with E-state index in [0.29, 0.717) is 17.6 Å². The quantitative estimate of drug-likeness (QED) is 0.437. The van der Waals surface area contributed by atoms with Crippen LogP contribution in [0.5, 0.6) is 0 Å². The van der Waals surface area contributed by atoms with Crippen molar-refractivity contribution in [3.63, 3.8) is 0 Å². The number of anilines is 2. The van der Waals surface area contributed by atoms with Crippen LogP contribution < -0.4 is 16.2 Å². The Bertz CT molecular complexity index is 1300. The molecule has 1 unspecified atom stereocenters. The number of pyridine rings is 2. The number of carbonyl (C=O) groups is 1. The third-order valence-corrected chi connectivity index (χ3v) is 5.68. The largest absolute Gasteiger partial charge is 0.380 e. The molecule has 1 aliphatic rings. The Morgan fingerprint density at radius 2 is 1.84 bits per heavy atom. The number of likely N-dealkylation sites (tertiary alicyclic amines) is 1. The number of fused-ring (bicyclic) bond motifs is 3. The van der Waals surface area contributed by atoms with Gasteiger partial charge >= 0.3 is 0 Å². The Hall–Kier alpha value is -3.71. The summed E-state index contributed by atoms with van der Waals surface area (Å²) in [6.45, 7) is 1.98. The maximum absolute atomic E-state index is 12.4. The van der Waals surface area contributed by atoms with Gasteiger partial charge in [-0.1, -0.05) is 36.4 Å². The number of para-hydroxylation sites is 1. The Kier molecular flexibility index (Phi) is 5.09. The molecular weight excluding hydrogens is 390 g/mol. The Labute approximate surface area is 179 Å². The third kappa shape index (κ3) is 4.00. The van der Waals surface area contributed by atoms with Crippen LogP contribution in [0.1, 0.15) is 6.42 Å². The molecule has 0 aliphatic carbocycles. The van der Waals surface area contributed by atoms with Crippen molar-refractivity contribution in [2.45, 2.75) is 12.5 Å². The SMILES string of the molecule is O=C(CN1CCC(Nc2ccnc3[nH]c(=O)c4ccccc4c23)C1)Nc1ccccc1. The second-order valence-electron chi connectivity index (χ2n) is 7.86. The summed E-state index contributed by atoms with van der Waals surface area (Å²) >= 11 is 0. The minimum absolute atomic E-state index is 0.00946. The lowest BCUT2D eigenvalue weighted by Gasteiger charge is -2.18. The average Bonchev–Trinajstić information content (AvgIpc) is 3.21. The number of H-pyrrole nitrogens is 1. The number of rotatable bonds is 5. The standard InChI is InChI=1S/C24H23N5O2/c30-21(27-16-6-2-1-3-7-16)15-29-13-11-17(14-29)26-20-10-12-25-23-22(20)18-8-4-5-9-19(18)24(31)28-23/h1-10,12,17H,11,13-15H2,(H,27,30)(H2,25,26,28,31). The van der Waals surface area contributed by atoms with Gasteiger partial charge in [-0.2, -0.15) is 0 Å². The summed E-state index contributed by atoms with van der Waals surface area (Å²) in [7, 11) is 0. The van der Waals surface area contributed by atoms with Gasteiger partial charge in [0.1, 0.15) is 5.65 Å². The number of carbonyl (C=O) groups excluding carboxylic acids is 1. The summed E-state index contributed by atoms with van der Waals surface area (Å²) in [5.41, 5.74) is 2.19. The first-order valence-corrected chi connectivity index (χ1v) is 10.4. The molecule has 7 nitrogen and oxygen atoms in total. The Balaban J connectivity index is 1.31. The summed E-state index contributed by atoms with van der Waals surface area (Å²) < 4.78 is 0. The van der Waals surface area contributed by atoms with Gasteiger partial charge in [0.2, 0.25) is 5.91 Å². The van der Waals surface area contributed by atoms with Crippen LogP contribution in [-0.2, 0) is 4.79 Å². The fourth-order valence-electron chi connectivity index (χ4n) is 4.26. The van der Waals surface area contributed by atoms with E-state index in [0.717, 1.165) is 41.7 Å². The molecule has 4 aromatic rings. The first-order chi connectivity index (χ1) is 15.2. The van der Waals surface area contributed by atoms with E-state index in [1.807, 2.05) is 60.7 Å². The van der Waals surface area contributed by atoms with Gasteiger partial charge in [-0.15, -0.1) is 0 Å². The Morgan fingerprint density at radius 3 is 2.68 bits per heavy atom. The smallest absolute Gasteiger partial charge is 0.257 e. The summed E-state index contributed by atoms with van der Waals surface area (Å²) in [6, 6.07) is 19.2. The molecule has 1 fully saturated rings. The van der Waals surface area contributed by atoms with Crippen LogP contribution in [0.4, 0.5) is 11.4 Å². The van der Waals surface area contributed by atoms with Crippen molar-refractivity contribution in [1.82, 2.24) is 14.9 Å². The number of benzene rings is 2. The van der Waals surface area contributed by atoms with Gasteiger partial charge in [0.15, 0.2) is 0 Å². The van der Waals surface area contributed by atoms with Crippen LogP contribution in [0.25, 0.3) is 21.8 Å². The molecule has 7 heteroatoms. The first kappa shape index (κ1) is 19.3. The van der Waals surface area contributed by atoms with E-state index < -0.39 is 0 Å². The number of nitrogens with one attached hydrogen (secondary N) is 3. The van der Waals surface area contributed by atoms with Crippen molar-refractivity contribution < 1.29 is 4.79 Å². The number of aromatic nitrogens is 2. The van der Waals surface area contributed by atoms with Crippen LogP contribution in [0.3, 0.4) is 0 Å². The van der Waals surface area contributed by atoms with E-state index in [2.05, 4.69) is 25.5 Å². The predicted octanol–water partition coefficient (Wildman–Crippen LogP) is 3.20. The van der Waals surface area contributed by atoms with Gasteiger partial charge in [0.05, 0.1) is 6.54 Å². The topological polar surface area (TPSA) is 90.1 Å². The highest BCUT2D eigenvalue weighted by Crippen LogP contribution is 2.28. The monoisotopic (exact) mass is 413 g/mol. The fraction of sp³-hybridized carbons (Fsp3) is 0.208. The van der Waals surface area contributed by atoms with Crippen molar-refractivity contribution in [3.05, 3.63) is 77.2 Å². The second-order valence-corrected chi connectivity index (χ2v) is 7.86. The minimum atomic E-state index is -0.135. The zero-order valence-corrected chi connectivity index (χ0v) is 17.0. The highest BCUT2D eigenvalue weighted by Gasteiger charge is 2.25. The second kappa shape index (κ2) is 8.20. The molecule has 1 aliphatic heterocycles. The number of amides is 1. The zero-order valence-electron chi connectivity index (χ0n) is 17.0. The molecular formula is C24H23N5O2. The van der Waals surface area contributed by atoms with Gasteiger partial charge in [-0.3, -0.25) is 14.5 Å². The van der Waals surface area contributed by atoms with Gasteiger partial charge in [-0.25, -0.2) is 4.98 Å². The van der Waals surface area contributed by atoms with E-state index in [9.17, 15) is 9.59 Å². The minimum Gasteiger partial charge on any atom is -0.380 e. The van der Waals surface area contributed by atoms with Gasteiger partial charge in [0.25, 0.3) is 5.56 Å². The van der Waals surface area contributed by atoms with E-state index in [1.54, 1.807) is 6.20 Å². The molecule has 31 heavy (non-hydrogen) atoms. The van der Waals surface area contributed by atoms with Crippen molar-refractivity contribution in [2.24, 2.45) is 0 Å². The van der Waals surface area contributed by atoms with E-state index >= 15 is 0 Å². The lowest BCUT2D eigenvalue weighted by molar-refractivity contribution is -0.117. The average molecular weight is 413 g/mol. The van der Waals surface area contributed by atoms with Crippen molar-refractivity contribution in [3.8, 4) is 0 Å². The lowest BCUT2D eigenvalue weighted by atomic mass is 10.1. The van der Waals surface area contributed by atoms with Gasteiger partial charge < -0.3 is 15.6 Å². The normalized spacial score (nSPS) is 16.6. The van der Waals surface area contributed by atoms with Crippen molar-refractivity contribution in [1.29, 1.82) is 0 Å². The molecule has 0 radical (unpaired) electrons. The summed E-state index contributed by atoms with van der Waals surface area (Å²) in [5, 5.41) is 9.00. The highest BCUT2D eigenvalue weighted by atomic mass is 16.2. The molecule has 1 atom stereocenters. The molecule has 0 spiro atoms. The molecule has 0 bridgehead atoms. The molecule has 1 amide bonds. The summed E-state index contributed by atoms with van der Waals surface area (Å²) in [6.07, 6.45) is 2.64. The highest BCUT2D eigenvalue weighted by molar-refractivity contribution is 6.10. The summed E-state index contributed by atoms with van der Waals surface area (Å²) in [5.74, 6) is -0.00946. The molecule has 2 aromatic carbocycles. The van der Waals surface area contributed by atoms with Crippen LogP contribution in [0.2, 0.25) is 0 Å². The number of nitrogens with zero attached hydrogens (tertiary/aromatic N) is 2. The maximum atomic E-state index is 12.4. The van der Waals surface area contributed by atoms with Crippen molar-refractivity contribution >= 4 is 39.1 Å². The molecule has 3 heterocycles. The number of hydrogen-bond acceptors (Lipinski definition) is 5. The lowest BCUT2D eigenvalue weighted by Crippen LogP contribution is -2.33. The molecule has 156 valence electrons. The summed E-state index contributed by atoms with van der Waals surface area (Å²) in [4.78, 5) is 34.1. The van der Waals surface area contributed by atoms with Gasteiger partial charge in [0, 0.05) is 52.9 Å². The van der Waals surface area contributed by atoms with Crippen LogP contribution >= 0.6 is 0 Å². The van der Waals surface area contributed by atoms with E-state index in [-0.39, 0.29) is 17.5 Å². The molecule has 5 rings (SSSR count). The third-order valence-electron chi connectivity index (χ3n) is 5.68. The van der Waals surface area contributed by atoms with Crippen LogP contribution in [0.15, 0.2) is 71.7 Å². The molecule has 2 aromatic heterocycles. The zero-order chi connectivity index (χ0) is 21.2. The molecule has 1 saturated heterocycles. The molecule has 3 N–H and O–H groups in total. The van der Waals surface area contributed by atoms with E-state index in [1.165, 1.54) is 0 Å². The van der Waals surface area contributed by atoms with Gasteiger partial charge in [-0.05, 0) is 30.7 Å². The fourth-order valence-corrected chi connectivity index (χ4v) is 4.26. The Morgan fingerprint density at radius 1 is 1.06 bits per heavy atom. The van der Waals surface area contributed by atoms with E-state index in [4.69, 9.17) is 0 Å². The van der Waals surface area contributed by atoms with Crippen LogP contribution in [0, 0.1) is 0 Å². The number of aromatic amines is 1. The maximum Gasteiger partial charge on any atom is 0.257 e. The van der Waals surface area contributed by atoms with Crippen LogP contribution in [-0.4, -0.2) is 46.5 Å². The predicted molar refractivity (Wildman–Crippen MR) is 123 cm³/mol. The molecule has 0 saturated carbocycles. The number of hydrogen-bond donors (Lipinski definition) is 3. The van der Waals surface area contributed by atoms with Crippen molar-refractivity contribution in [2.75, 3.05) is 30.3 Å².